The molecule has 3 heterocycles. The zero-order valence-corrected chi connectivity index (χ0v) is 19.5. The standard InChI is InChI=1S/C23H26N6O3S/c1-16-5-3-6-17(2)21(16)25-19(30)14-28-9-11-29(12-10-28)20(31)15-33-23-27-26-22(32-23)18-7-4-8-24-13-18/h3-8,13H,9-12,14-15H2,1-2H3,(H,25,30). The first-order chi connectivity index (χ1) is 16.0. The molecule has 9 nitrogen and oxygen atoms in total. The summed E-state index contributed by atoms with van der Waals surface area (Å²) in [6, 6.07) is 9.58. The number of thioether (sulfide) groups is 1. The van der Waals surface area contributed by atoms with Crippen molar-refractivity contribution in [1.82, 2.24) is 25.0 Å². The van der Waals surface area contributed by atoms with E-state index in [-0.39, 0.29) is 17.6 Å². The summed E-state index contributed by atoms with van der Waals surface area (Å²) < 4.78 is 5.61. The molecule has 0 saturated carbocycles. The lowest BCUT2D eigenvalue weighted by atomic mass is 10.1. The molecular formula is C23H26N6O3S. The third-order valence-corrected chi connectivity index (χ3v) is 6.28. The summed E-state index contributed by atoms with van der Waals surface area (Å²) >= 11 is 1.22. The van der Waals surface area contributed by atoms with Gasteiger partial charge in [-0.1, -0.05) is 30.0 Å². The zero-order valence-electron chi connectivity index (χ0n) is 18.7. The number of para-hydroxylation sites is 1. The van der Waals surface area contributed by atoms with Gasteiger partial charge in [0.2, 0.25) is 17.7 Å². The minimum Gasteiger partial charge on any atom is -0.411 e. The average molecular weight is 467 g/mol. The van der Waals surface area contributed by atoms with Crippen LogP contribution in [0.25, 0.3) is 11.5 Å². The number of aryl methyl sites for hydroxylation is 2. The van der Waals surface area contributed by atoms with E-state index in [0.29, 0.717) is 43.8 Å². The van der Waals surface area contributed by atoms with Crippen LogP contribution in [0.15, 0.2) is 52.4 Å². The smallest absolute Gasteiger partial charge is 0.277 e. The van der Waals surface area contributed by atoms with Crippen LogP contribution in [0.5, 0.6) is 0 Å². The number of aromatic nitrogens is 3. The topological polar surface area (TPSA) is 104 Å². The second-order valence-electron chi connectivity index (χ2n) is 7.88. The Hall–Kier alpha value is -3.24. The third kappa shape index (κ3) is 5.96. The van der Waals surface area contributed by atoms with Crippen molar-refractivity contribution in [3.05, 3.63) is 53.9 Å². The van der Waals surface area contributed by atoms with Crippen LogP contribution >= 0.6 is 11.8 Å². The van der Waals surface area contributed by atoms with E-state index in [1.807, 2.05) is 43.0 Å². The molecule has 0 unspecified atom stereocenters. The Bertz CT molecular complexity index is 1090. The van der Waals surface area contributed by atoms with Gasteiger partial charge in [0.25, 0.3) is 5.22 Å². The lowest BCUT2D eigenvalue weighted by molar-refractivity contribution is -0.130. The van der Waals surface area contributed by atoms with Crippen LogP contribution in [0.4, 0.5) is 5.69 Å². The van der Waals surface area contributed by atoms with Crippen LogP contribution < -0.4 is 5.32 Å². The van der Waals surface area contributed by atoms with Gasteiger partial charge < -0.3 is 14.6 Å². The molecule has 3 aromatic rings. The molecule has 33 heavy (non-hydrogen) atoms. The average Bonchev–Trinajstić information content (AvgIpc) is 3.30. The highest BCUT2D eigenvalue weighted by atomic mass is 32.2. The van der Waals surface area contributed by atoms with Gasteiger partial charge in [-0.2, -0.15) is 0 Å². The van der Waals surface area contributed by atoms with E-state index in [0.717, 1.165) is 22.4 Å². The van der Waals surface area contributed by atoms with Gasteiger partial charge >= 0.3 is 0 Å². The van der Waals surface area contributed by atoms with Crippen LogP contribution in [-0.4, -0.2) is 75.3 Å². The molecule has 2 aromatic heterocycles. The van der Waals surface area contributed by atoms with E-state index in [1.165, 1.54) is 11.8 Å². The Kier molecular flexibility index (Phi) is 7.36. The molecule has 1 aromatic carbocycles. The molecule has 172 valence electrons. The quantitative estimate of drug-likeness (QED) is 0.530. The molecule has 0 radical (unpaired) electrons. The van der Waals surface area contributed by atoms with Gasteiger partial charge in [-0.3, -0.25) is 19.5 Å². The predicted molar refractivity (Wildman–Crippen MR) is 126 cm³/mol. The molecule has 2 amide bonds. The molecule has 1 saturated heterocycles. The number of pyridine rings is 1. The van der Waals surface area contributed by atoms with Crippen LogP contribution in [0.3, 0.4) is 0 Å². The van der Waals surface area contributed by atoms with Crippen molar-refractivity contribution >= 4 is 29.3 Å². The first-order valence-corrected chi connectivity index (χ1v) is 11.7. The summed E-state index contributed by atoms with van der Waals surface area (Å²) in [5.41, 5.74) is 3.71. The number of nitrogens with zero attached hydrogens (tertiary/aromatic N) is 5. The maximum Gasteiger partial charge on any atom is 0.277 e. The van der Waals surface area contributed by atoms with Gasteiger partial charge in [0.15, 0.2) is 0 Å². The van der Waals surface area contributed by atoms with Crippen molar-refractivity contribution < 1.29 is 14.0 Å². The van der Waals surface area contributed by atoms with Crippen molar-refractivity contribution in [2.45, 2.75) is 19.1 Å². The van der Waals surface area contributed by atoms with Gasteiger partial charge in [0.1, 0.15) is 0 Å². The van der Waals surface area contributed by atoms with E-state index in [1.54, 1.807) is 18.5 Å². The summed E-state index contributed by atoms with van der Waals surface area (Å²) in [6.45, 7) is 6.76. The van der Waals surface area contributed by atoms with Gasteiger partial charge in [-0.05, 0) is 37.1 Å². The molecule has 1 N–H and O–H groups in total. The predicted octanol–water partition coefficient (Wildman–Crippen LogP) is 2.62. The fourth-order valence-corrected chi connectivity index (χ4v) is 4.30. The zero-order chi connectivity index (χ0) is 23.2. The van der Waals surface area contributed by atoms with Crippen LogP contribution in [-0.2, 0) is 9.59 Å². The molecule has 4 rings (SSSR count). The van der Waals surface area contributed by atoms with Gasteiger partial charge in [-0.25, -0.2) is 0 Å². The summed E-state index contributed by atoms with van der Waals surface area (Å²) in [7, 11) is 0. The number of carbonyl (C=O) groups excluding carboxylic acids is 2. The Balaban J connectivity index is 1.21. The number of hydrogen-bond acceptors (Lipinski definition) is 8. The first-order valence-electron chi connectivity index (χ1n) is 10.7. The Morgan fingerprint density at radius 3 is 2.52 bits per heavy atom. The van der Waals surface area contributed by atoms with Gasteiger partial charge in [0.05, 0.1) is 17.9 Å². The van der Waals surface area contributed by atoms with Crippen molar-refractivity contribution in [2.75, 3.05) is 43.8 Å². The van der Waals surface area contributed by atoms with Crippen LogP contribution in [0.2, 0.25) is 0 Å². The maximum atomic E-state index is 12.6. The fourth-order valence-electron chi connectivity index (χ4n) is 3.64. The summed E-state index contributed by atoms with van der Waals surface area (Å²) in [5, 5.41) is 11.4. The molecule has 0 spiro atoms. The van der Waals surface area contributed by atoms with E-state index in [4.69, 9.17) is 4.42 Å². The van der Waals surface area contributed by atoms with Crippen molar-refractivity contribution in [2.24, 2.45) is 0 Å². The largest absolute Gasteiger partial charge is 0.411 e. The summed E-state index contributed by atoms with van der Waals surface area (Å²) in [5.74, 6) is 0.581. The second-order valence-corrected chi connectivity index (χ2v) is 8.80. The molecule has 1 aliphatic rings. The second kappa shape index (κ2) is 10.6. The number of carbonyl (C=O) groups is 2. The highest BCUT2D eigenvalue weighted by molar-refractivity contribution is 7.99. The highest BCUT2D eigenvalue weighted by Crippen LogP contribution is 2.23. The van der Waals surface area contributed by atoms with E-state index in [9.17, 15) is 9.59 Å². The van der Waals surface area contributed by atoms with Crippen LogP contribution in [0.1, 0.15) is 11.1 Å². The highest BCUT2D eigenvalue weighted by Gasteiger charge is 2.23. The first kappa shape index (κ1) is 22.9. The number of amides is 2. The molecule has 0 bridgehead atoms. The minimum absolute atomic E-state index is 0.0146. The third-order valence-electron chi connectivity index (χ3n) is 5.47. The number of rotatable bonds is 7. The number of benzene rings is 1. The molecule has 1 aliphatic heterocycles. The van der Waals surface area contributed by atoms with Crippen LogP contribution in [0, 0.1) is 13.8 Å². The maximum absolute atomic E-state index is 12.6. The normalized spacial score (nSPS) is 14.3. The summed E-state index contributed by atoms with van der Waals surface area (Å²) in [4.78, 5) is 33.0. The van der Waals surface area contributed by atoms with Crippen molar-refractivity contribution in [3.63, 3.8) is 0 Å². The molecular weight excluding hydrogens is 440 g/mol. The number of hydrogen-bond donors (Lipinski definition) is 1. The van der Waals surface area contributed by atoms with E-state index < -0.39 is 0 Å². The lowest BCUT2D eigenvalue weighted by Crippen LogP contribution is -2.50. The van der Waals surface area contributed by atoms with Crippen molar-refractivity contribution in [1.29, 1.82) is 0 Å². The Morgan fingerprint density at radius 2 is 1.82 bits per heavy atom. The Morgan fingerprint density at radius 1 is 1.06 bits per heavy atom. The van der Waals surface area contributed by atoms with Gasteiger partial charge in [-0.15, -0.1) is 10.2 Å². The number of anilines is 1. The Labute approximate surface area is 196 Å². The lowest BCUT2D eigenvalue weighted by Gasteiger charge is -2.34. The molecule has 1 fully saturated rings. The van der Waals surface area contributed by atoms with E-state index >= 15 is 0 Å². The van der Waals surface area contributed by atoms with E-state index in [2.05, 4.69) is 25.4 Å². The SMILES string of the molecule is Cc1cccc(C)c1NC(=O)CN1CCN(C(=O)CSc2nnc(-c3cccnc3)o2)CC1. The molecule has 10 heteroatoms. The fraction of sp³-hybridized carbons (Fsp3) is 0.348. The minimum atomic E-state index is -0.0384. The molecule has 0 atom stereocenters. The summed E-state index contributed by atoms with van der Waals surface area (Å²) in [6.07, 6.45) is 3.32. The monoisotopic (exact) mass is 466 g/mol. The number of nitrogens with one attached hydrogen (secondary N) is 1. The number of piperazine rings is 1. The van der Waals surface area contributed by atoms with Gasteiger partial charge in [0, 0.05) is 44.3 Å². The molecule has 0 aliphatic carbocycles. The van der Waals surface area contributed by atoms with Crippen molar-refractivity contribution in [3.8, 4) is 11.5 Å².